The summed E-state index contributed by atoms with van der Waals surface area (Å²) < 4.78 is 2.16. The van der Waals surface area contributed by atoms with Crippen LogP contribution in [0.4, 0.5) is 5.82 Å². The summed E-state index contributed by atoms with van der Waals surface area (Å²) in [5.74, 6) is 1.67. The lowest BCUT2D eigenvalue weighted by molar-refractivity contribution is 0.502. The van der Waals surface area contributed by atoms with Crippen molar-refractivity contribution < 1.29 is 0 Å². The van der Waals surface area contributed by atoms with E-state index < -0.39 is 0 Å². The van der Waals surface area contributed by atoms with Gasteiger partial charge in [-0.3, -0.25) is 4.40 Å². The second kappa shape index (κ2) is 5.28. The molecule has 18 heavy (non-hydrogen) atoms. The zero-order valence-corrected chi connectivity index (χ0v) is 12.4. The molecule has 0 aromatic carbocycles. The maximum absolute atomic E-state index is 5.73. The van der Waals surface area contributed by atoms with Gasteiger partial charge in [-0.1, -0.05) is 13.8 Å². The van der Waals surface area contributed by atoms with Crippen LogP contribution in [0.5, 0.6) is 0 Å². The standard InChI is InChI=1S/C13H22N4S/c1-9(2)10(3)16(4)12-11(5-6-14)17-7-8-18-13(17)15-12/h7-10H,5-6,14H2,1-4H3. The van der Waals surface area contributed by atoms with Crippen molar-refractivity contribution >= 4 is 22.1 Å². The molecule has 0 amide bonds. The Morgan fingerprint density at radius 3 is 2.78 bits per heavy atom. The van der Waals surface area contributed by atoms with Crippen molar-refractivity contribution in [1.29, 1.82) is 0 Å². The number of thiazole rings is 1. The minimum absolute atomic E-state index is 0.464. The van der Waals surface area contributed by atoms with E-state index >= 15 is 0 Å². The van der Waals surface area contributed by atoms with E-state index in [9.17, 15) is 0 Å². The van der Waals surface area contributed by atoms with E-state index in [1.807, 2.05) is 0 Å². The summed E-state index contributed by atoms with van der Waals surface area (Å²) in [6, 6.07) is 0.464. The third-order valence-corrected chi connectivity index (χ3v) is 4.39. The van der Waals surface area contributed by atoms with Gasteiger partial charge < -0.3 is 10.6 Å². The highest BCUT2D eigenvalue weighted by atomic mass is 32.1. The topological polar surface area (TPSA) is 46.6 Å². The number of anilines is 1. The van der Waals surface area contributed by atoms with E-state index in [4.69, 9.17) is 10.7 Å². The molecule has 2 heterocycles. The molecule has 0 aliphatic heterocycles. The third-order valence-electron chi connectivity index (χ3n) is 3.63. The van der Waals surface area contributed by atoms with Gasteiger partial charge in [0.15, 0.2) is 10.8 Å². The summed E-state index contributed by atoms with van der Waals surface area (Å²) in [6.45, 7) is 7.37. The van der Waals surface area contributed by atoms with Crippen LogP contribution in [0.25, 0.3) is 4.96 Å². The number of hydrogen-bond acceptors (Lipinski definition) is 4. The van der Waals surface area contributed by atoms with Gasteiger partial charge in [-0.2, -0.15) is 0 Å². The lowest BCUT2D eigenvalue weighted by Gasteiger charge is -2.29. The van der Waals surface area contributed by atoms with Crippen LogP contribution in [0.2, 0.25) is 0 Å². The van der Waals surface area contributed by atoms with Crippen molar-refractivity contribution in [2.75, 3.05) is 18.5 Å². The Kier molecular flexibility index (Phi) is 3.92. The first-order chi connectivity index (χ1) is 8.56. The van der Waals surface area contributed by atoms with Crippen molar-refractivity contribution in [3.63, 3.8) is 0 Å². The van der Waals surface area contributed by atoms with E-state index in [1.165, 1.54) is 5.69 Å². The molecular weight excluding hydrogens is 244 g/mol. The van der Waals surface area contributed by atoms with E-state index in [0.717, 1.165) is 17.2 Å². The minimum atomic E-state index is 0.464. The van der Waals surface area contributed by atoms with Gasteiger partial charge in [0.1, 0.15) is 0 Å². The molecule has 100 valence electrons. The molecule has 5 heteroatoms. The quantitative estimate of drug-likeness (QED) is 0.904. The maximum atomic E-state index is 5.73. The first-order valence-electron chi connectivity index (χ1n) is 6.43. The normalized spacial score (nSPS) is 13.4. The molecule has 1 unspecified atom stereocenters. The van der Waals surface area contributed by atoms with E-state index in [2.05, 4.69) is 48.7 Å². The van der Waals surface area contributed by atoms with Gasteiger partial charge in [-0.15, -0.1) is 11.3 Å². The number of aromatic nitrogens is 2. The molecule has 0 bridgehead atoms. The smallest absolute Gasteiger partial charge is 0.195 e. The maximum Gasteiger partial charge on any atom is 0.195 e. The number of hydrogen-bond donors (Lipinski definition) is 1. The molecule has 1 atom stereocenters. The molecule has 2 rings (SSSR count). The van der Waals surface area contributed by atoms with Gasteiger partial charge in [0.25, 0.3) is 0 Å². The lowest BCUT2D eigenvalue weighted by atomic mass is 10.1. The minimum Gasteiger partial charge on any atom is -0.355 e. The molecule has 2 N–H and O–H groups in total. The van der Waals surface area contributed by atoms with Crippen LogP contribution < -0.4 is 10.6 Å². The van der Waals surface area contributed by atoms with Gasteiger partial charge in [-0.05, 0) is 19.4 Å². The summed E-state index contributed by atoms with van der Waals surface area (Å²) in [7, 11) is 2.12. The molecule has 0 aliphatic rings. The number of nitrogens with zero attached hydrogens (tertiary/aromatic N) is 3. The van der Waals surface area contributed by atoms with Crippen molar-refractivity contribution in [1.82, 2.24) is 9.38 Å². The van der Waals surface area contributed by atoms with E-state index in [0.29, 0.717) is 18.5 Å². The first-order valence-corrected chi connectivity index (χ1v) is 7.31. The van der Waals surface area contributed by atoms with Gasteiger partial charge in [0.05, 0.1) is 5.69 Å². The zero-order chi connectivity index (χ0) is 13.3. The largest absolute Gasteiger partial charge is 0.355 e. The van der Waals surface area contributed by atoms with Crippen LogP contribution in [0.1, 0.15) is 26.5 Å². The lowest BCUT2D eigenvalue weighted by Crippen LogP contribution is -2.34. The predicted octanol–water partition coefficient (Wildman–Crippen LogP) is 2.38. The highest BCUT2D eigenvalue weighted by molar-refractivity contribution is 7.15. The summed E-state index contributed by atoms with van der Waals surface area (Å²) in [4.78, 5) is 8.07. The molecular formula is C13H22N4S. The molecule has 0 spiro atoms. The Labute approximate surface area is 112 Å². The average molecular weight is 266 g/mol. The van der Waals surface area contributed by atoms with Crippen LogP contribution in [-0.4, -0.2) is 29.0 Å². The van der Waals surface area contributed by atoms with Crippen molar-refractivity contribution in [3.05, 3.63) is 17.3 Å². The van der Waals surface area contributed by atoms with Crippen LogP contribution in [-0.2, 0) is 6.42 Å². The Morgan fingerprint density at radius 2 is 2.17 bits per heavy atom. The monoisotopic (exact) mass is 266 g/mol. The highest BCUT2D eigenvalue weighted by Gasteiger charge is 2.21. The van der Waals surface area contributed by atoms with E-state index in [1.54, 1.807) is 11.3 Å². The number of nitrogens with two attached hydrogens (primary N) is 1. The third kappa shape index (κ3) is 2.24. The Morgan fingerprint density at radius 1 is 1.44 bits per heavy atom. The van der Waals surface area contributed by atoms with Crippen molar-refractivity contribution in [2.24, 2.45) is 11.7 Å². The second-order valence-corrected chi connectivity index (χ2v) is 5.94. The van der Waals surface area contributed by atoms with Crippen LogP contribution >= 0.6 is 11.3 Å². The highest BCUT2D eigenvalue weighted by Crippen LogP contribution is 2.26. The predicted molar refractivity (Wildman–Crippen MR) is 78.5 cm³/mol. The summed E-state index contributed by atoms with van der Waals surface area (Å²) in [5.41, 5.74) is 6.95. The molecule has 4 nitrogen and oxygen atoms in total. The summed E-state index contributed by atoms with van der Waals surface area (Å²) in [6.07, 6.45) is 2.94. The van der Waals surface area contributed by atoms with Crippen LogP contribution in [0.3, 0.4) is 0 Å². The average Bonchev–Trinajstić information content (AvgIpc) is 2.90. The van der Waals surface area contributed by atoms with Gasteiger partial charge >= 0.3 is 0 Å². The summed E-state index contributed by atoms with van der Waals surface area (Å²) in [5, 5.41) is 2.07. The molecule has 0 saturated heterocycles. The number of fused-ring (bicyclic) bond motifs is 1. The number of rotatable bonds is 5. The molecule has 0 fully saturated rings. The van der Waals surface area contributed by atoms with E-state index in [-0.39, 0.29) is 0 Å². The van der Waals surface area contributed by atoms with Crippen molar-refractivity contribution in [3.8, 4) is 0 Å². The van der Waals surface area contributed by atoms with Crippen LogP contribution in [0, 0.1) is 5.92 Å². The SMILES string of the molecule is CC(C)C(C)N(C)c1nc2sccn2c1CCN. The molecule has 0 saturated carbocycles. The number of imidazole rings is 1. The Bertz CT molecular complexity index is 514. The second-order valence-electron chi connectivity index (χ2n) is 5.07. The zero-order valence-electron chi connectivity index (χ0n) is 11.6. The Hall–Kier alpha value is -1.07. The fourth-order valence-electron chi connectivity index (χ4n) is 2.11. The molecule has 0 aliphatic carbocycles. The van der Waals surface area contributed by atoms with Gasteiger partial charge in [0.2, 0.25) is 0 Å². The van der Waals surface area contributed by atoms with Gasteiger partial charge in [-0.25, -0.2) is 4.98 Å². The molecule has 2 aromatic heterocycles. The molecule has 2 aromatic rings. The first kappa shape index (κ1) is 13.4. The fraction of sp³-hybridized carbons (Fsp3) is 0.615. The fourth-order valence-corrected chi connectivity index (χ4v) is 2.84. The van der Waals surface area contributed by atoms with Gasteiger partial charge in [0, 0.05) is 31.1 Å². The van der Waals surface area contributed by atoms with Crippen LogP contribution in [0.15, 0.2) is 11.6 Å². The molecule has 0 radical (unpaired) electrons. The Balaban J connectivity index is 2.42. The van der Waals surface area contributed by atoms with Crippen molar-refractivity contribution in [2.45, 2.75) is 33.2 Å². The summed E-state index contributed by atoms with van der Waals surface area (Å²) >= 11 is 1.67.